The molecule has 0 fully saturated rings. The lowest BCUT2D eigenvalue weighted by Gasteiger charge is -2.15. The van der Waals surface area contributed by atoms with E-state index in [0.717, 1.165) is 6.42 Å². The van der Waals surface area contributed by atoms with E-state index in [4.69, 9.17) is 5.73 Å². The van der Waals surface area contributed by atoms with Gasteiger partial charge in [-0.25, -0.2) is 4.79 Å². The fourth-order valence-electron chi connectivity index (χ4n) is 0.602. The van der Waals surface area contributed by atoms with E-state index in [0.29, 0.717) is 13.1 Å². The zero-order valence-corrected chi connectivity index (χ0v) is 5.76. The molecule has 3 nitrogen and oxygen atoms in total. The van der Waals surface area contributed by atoms with Crippen LogP contribution in [0.2, 0.25) is 0 Å². The molecule has 0 atom stereocenters. The van der Waals surface area contributed by atoms with E-state index in [2.05, 4.69) is 6.92 Å². The molecule has 3 heteroatoms. The van der Waals surface area contributed by atoms with Gasteiger partial charge in [-0.05, 0) is 13.3 Å². The molecule has 0 aromatic carbocycles. The minimum atomic E-state index is -0.383. The zero-order valence-electron chi connectivity index (χ0n) is 5.76. The summed E-state index contributed by atoms with van der Waals surface area (Å²) in [5.74, 6) is 0. The lowest BCUT2D eigenvalue weighted by Crippen LogP contribution is -2.35. The van der Waals surface area contributed by atoms with Crippen molar-refractivity contribution in [3.63, 3.8) is 0 Å². The van der Waals surface area contributed by atoms with Crippen molar-refractivity contribution in [1.82, 2.24) is 4.90 Å². The molecule has 2 N–H and O–H groups in total. The molecule has 2 amide bonds. The SMILES string of the molecule is [CH2]CN(CCC)C(N)=O. The van der Waals surface area contributed by atoms with Crippen LogP contribution in [-0.2, 0) is 0 Å². The third-order valence-corrected chi connectivity index (χ3v) is 1.08. The molecule has 0 bridgehead atoms. The van der Waals surface area contributed by atoms with Crippen molar-refractivity contribution >= 4 is 6.03 Å². The molecule has 0 aromatic rings. The van der Waals surface area contributed by atoms with Crippen LogP contribution in [0.25, 0.3) is 0 Å². The number of amides is 2. The molecule has 0 unspecified atom stereocenters. The van der Waals surface area contributed by atoms with Gasteiger partial charge in [0.25, 0.3) is 0 Å². The number of rotatable bonds is 3. The van der Waals surface area contributed by atoms with Crippen LogP contribution in [0, 0.1) is 6.92 Å². The smallest absolute Gasteiger partial charge is 0.314 e. The van der Waals surface area contributed by atoms with Gasteiger partial charge in [-0.3, -0.25) is 0 Å². The first-order chi connectivity index (χ1) is 4.22. The fourth-order valence-corrected chi connectivity index (χ4v) is 0.602. The van der Waals surface area contributed by atoms with Crippen LogP contribution in [0.1, 0.15) is 13.3 Å². The van der Waals surface area contributed by atoms with Gasteiger partial charge < -0.3 is 10.6 Å². The minimum Gasteiger partial charge on any atom is -0.351 e. The van der Waals surface area contributed by atoms with Gasteiger partial charge in [-0.2, -0.15) is 0 Å². The number of carbonyl (C=O) groups excluding carboxylic acids is 1. The van der Waals surface area contributed by atoms with Crippen LogP contribution in [-0.4, -0.2) is 24.0 Å². The highest BCUT2D eigenvalue weighted by Gasteiger charge is 2.02. The van der Waals surface area contributed by atoms with Gasteiger partial charge in [0.05, 0.1) is 0 Å². The summed E-state index contributed by atoms with van der Waals surface area (Å²) in [6, 6.07) is -0.383. The Hall–Kier alpha value is -0.730. The summed E-state index contributed by atoms with van der Waals surface area (Å²) >= 11 is 0. The molecule has 0 spiro atoms. The Kier molecular flexibility index (Phi) is 3.84. The fraction of sp³-hybridized carbons (Fsp3) is 0.667. The number of hydrogen-bond donors (Lipinski definition) is 1. The molecule has 0 heterocycles. The van der Waals surface area contributed by atoms with E-state index in [9.17, 15) is 4.79 Å². The number of carbonyl (C=O) groups is 1. The van der Waals surface area contributed by atoms with Crippen molar-refractivity contribution in [2.75, 3.05) is 13.1 Å². The van der Waals surface area contributed by atoms with Gasteiger partial charge in [0.1, 0.15) is 0 Å². The predicted molar refractivity (Wildman–Crippen MR) is 36.8 cm³/mol. The van der Waals surface area contributed by atoms with E-state index in [1.54, 1.807) is 0 Å². The van der Waals surface area contributed by atoms with E-state index in [1.165, 1.54) is 4.90 Å². The van der Waals surface area contributed by atoms with Gasteiger partial charge in [-0.1, -0.05) is 6.92 Å². The Morgan fingerprint density at radius 3 is 2.44 bits per heavy atom. The van der Waals surface area contributed by atoms with Crippen molar-refractivity contribution in [3.05, 3.63) is 6.92 Å². The quantitative estimate of drug-likeness (QED) is 0.596. The van der Waals surface area contributed by atoms with E-state index in [-0.39, 0.29) is 6.03 Å². The summed E-state index contributed by atoms with van der Waals surface area (Å²) in [5, 5.41) is 0. The largest absolute Gasteiger partial charge is 0.351 e. The van der Waals surface area contributed by atoms with Crippen LogP contribution in [0.15, 0.2) is 0 Å². The van der Waals surface area contributed by atoms with Gasteiger partial charge in [0.15, 0.2) is 0 Å². The van der Waals surface area contributed by atoms with Gasteiger partial charge in [0.2, 0.25) is 0 Å². The molecule has 0 aliphatic heterocycles. The molecule has 1 radical (unpaired) electrons. The first kappa shape index (κ1) is 8.27. The third kappa shape index (κ3) is 2.95. The molecule has 53 valence electrons. The van der Waals surface area contributed by atoms with E-state index >= 15 is 0 Å². The van der Waals surface area contributed by atoms with Gasteiger partial charge in [-0.15, -0.1) is 0 Å². The maximum atomic E-state index is 10.4. The molecule has 0 rings (SSSR count). The topological polar surface area (TPSA) is 46.3 Å². The number of nitrogens with zero attached hydrogens (tertiary/aromatic N) is 1. The monoisotopic (exact) mass is 129 g/mol. The maximum Gasteiger partial charge on any atom is 0.314 e. The number of nitrogens with two attached hydrogens (primary N) is 1. The Morgan fingerprint density at radius 1 is 1.78 bits per heavy atom. The first-order valence-electron chi connectivity index (χ1n) is 3.06. The summed E-state index contributed by atoms with van der Waals surface area (Å²) in [4.78, 5) is 11.9. The highest BCUT2D eigenvalue weighted by molar-refractivity contribution is 5.71. The standard InChI is InChI=1S/C6H13N2O/c1-3-5-8(4-2)6(7)9/h2-5H2,1H3,(H2,7,9). The maximum absolute atomic E-state index is 10.4. The second-order valence-corrected chi connectivity index (χ2v) is 1.83. The van der Waals surface area contributed by atoms with Crippen molar-refractivity contribution in [2.24, 2.45) is 5.73 Å². The summed E-state index contributed by atoms with van der Waals surface area (Å²) < 4.78 is 0. The van der Waals surface area contributed by atoms with Crippen molar-refractivity contribution in [2.45, 2.75) is 13.3 Å². The zero-order chi connectivity index (χ0) is 7.28. The lowest BCUT2D eigenvalue weighted by molar-refractivity contribution is 0.213. The molecule has 9 heavy (non-hydrogen) atoms. The number of hydrogen-bond acceptors (Lipinski definition) is 1. The highest BCUT2D eigenvalue weighted by atomic mass is 16.2. The molecule has 0 saturated carbocycles. The normalized spacial score (nSPS) is 9.11. The van der Waals surface area contributed by atoms with Crippen molar-refractivity contribution in [1.29, 1.82) is 0 Å². The minimum absolute atomic E-state index is 0.383. The predicted octanol–water partition coefficient (Wildman–Crippen LogP) is 0.611. The Bertz CT molecular complexity index is 93.1. The average Bonchev–Trinajstić information content (AvgIpc) is 1.82. The lowest BCUT2D eigenvalue weighted by atomic mass is 10.4. The second kappa shape index (κ2) is 4.18. The highest BCUT2D eigenvalue weighted by Crippen LogP contribution is 1.87. The molecule has 0 aliphatic carbocycles. The molecule has 0 aromatic heterocycles. The molecular formula is C6H13N2O. The van der Waals surface area contributed by atoms with Crippen LogP contribution in [0.4, 0.5) is 4.79 Å². The summed E-state index contributed by atoms with van der Waals surface area (Å²) in [6.45, 7) is 6.71. The van der Waals surface area contributed by atoms with Crippen LogP contribution >= 0.6 is 0 Å². The van der Waals surface area contributed by atoms with Crippen LogP contribution in [0.3, 0.4) is 0 Å². The second-order valence-electron chi connectivity index (χ2n) is 1.83. The van der Waals surface area contributed by atoms with E-state index in [1.807, 2.05) is 6.92 Å². The van der Waals surface area contributed by atoms with Crippen LogP contribution in [0.5, 0.6) is 0 Å². The van der Waals surface area contributed by atoms with Gasteiger partial charge in [0, 0.05) is 13.1 Å². The third-order valence-electron chi connectivity index (χ3n) is 1.08. The number of primary amides is 1. The van der Waals surface area contributed by atoms with E-state index < -0.39 is 0 Å². The molecule has 0 aliphatic rings. The van der Waals surface area contributed by atoms with Gasteiger partial charge >= 0.3 is 6.03 Å². The number of urea groups is 1. The summed E-state index contributed by atoms with van der Waals surface area (Å²) in [6.07, 6.45) is 0.929. The Morgan fingerprint density at radius 2 is 2.33 bits per heavy atom. The summed E-state index contributed by atoms with van der Waals surface area (Å²) in [5.41, 5.74) is 4.98. The Balaban J connectivity index is 3.54. The Labute approximate surface area is 55.8 Å². The average molecular weight is 129 g/mol. The van der Waals surface area contributed by atoms with Crippen molar-refractivity contribution in [3.8, 4) is 0 Å². The molecule has 0 saturated heterocycles. The first-order valence-corrected chi connectivity index (χ1v) is 3.06. The summed E-state index contributed by atoms with van der Waals surface area (Å²) in [7, 11) is 0. The van der Waals surface area contributed by atoms with Crippen LogP contribution < -0.4 is 5.73 Å². The van der Waals surface area contributed by atoms with Crippen molar-refractivity contribution < 1.29 is 4.79 Å². The molecular weight excluding hydrogens is 116 g/mol.